The molecule has 2 heterocycles. The Kier molecular flexibility index (Phi) is 6.60. The van der Waals surface area contributed by atoms with Crippen LogP contribution in [0.1, 0.15) is 35.2 Å². The Morgan fingerprint density at radius 1 is 1.16 bits per heavy atom. The summed E-state index contributed by atoms with van der Waals surface area (Å²) in [7, 11) is 1.63. The molecule has 170 valence electrons. The first kappa shape index (κ1) is 22.1. The van der Waals surface area contributed by atoms with Gasteiger partial charge in [-0.15, -0.1) is 0 Å². The summed E-state index contributed by atoms with van der Waals surface area (Å²) in [5.41, 5.74) is 0.478. The van der Waals surface area contributed by atoms with Gasteiger partial charge in [-0.3, -0.25) is 9.69 Å². The molecule has 0 bridgehead atoms. The van der Waals surface area contributed by atoms with E-state index in [1.807, 2.05) is 12.1 Å². The Balaban J connectivity index is 1.52. The number of methoxy groups -OCH3 is 1. The van der Waals surface area contributed by atoms with Crippen molar-refractivity contribution < 1.29 is 23.5 Å². The SMILES string of the molecule is COCCCNC(=O)N1CCC2(CC1)Oc1ccccc1C(=O)N2Cc1ccc(F)cc1. The van der Waals surface area contributed by atoms with Gasteiger partial charge in [0.15, 0.2) is 5.72 Å². The number of piperidine rings is 1. The molecule has 0 atom stereocenters. The third-order valence-electron chi connectivity index (χ3n) is 6.04. The second-order valence-electron chi connectivity index (χ2n) is 8.13. The first-order valence-electron chi connectivity index (χ1n) is 10.9. The van der Waals surface area contributed by atoms with Crippen LogP contribution in [-0.2, 0) is 11.3 Å². The molecule has 1 N–H and O–H groups in total. The van der Waals surface area contributed by atoms with Gasteiger partial charge >= 0.3 is 6.03 Å². The standard InChI is InChI=1S/C24H28FN3O4/c1-31-16-4-13-26-23(30)27-14-11-24(12-15-27)28(17-18-7-9-19(25)10-8-18)22(29)20-5-2-3-6-21(20)32-24/h2-3,5-10H,4,11-17H2,1H3,(H,26,30). The van der Waals surface area contributed by atoms with Crippen LogP contribution in [-0.4, -0.2) is 60.8 Å². The predicted molar refractivity (Wildman–Crippen MR) is 117 cm³/mol. The number of likely N-dealkylation sites (tertiary alicyclic amines) is 1. The Labute approximate surface area is 187 Å². The molecule has 0 aliphatic carbocycles. The highest BCUT2D eigenvalue weighted by molar-refractivity contribution is 5.98. The van der Waals surface area contributed by atoms with E-state index in [2.05, 4.69) is 5.32 Å². The van der Waals surface area contributed by atoms with Gasteiger partial charge < -0.3 is 19.7 Å². The number of urea groups is 1. The first-order valence-corrected chi connectivity index (χ1v) is 10.9. The highest BCUT2D eigenvalue weighted by atomic mass is 19.1. The third-order valence-corrected chi connectivity index (χ3v) is 6.04. The number of hydrogen-bond acceptors (Lipinski definition) is 4. The topological polar surface area (TPSA) is 71.1 Å². The Morgan fingerprint density at radius 3 is 2.59 bits per heavy atom. The summed E-state index contributed by atoms with van der Waals surface area (Å²) >= 11 is 0. The Morgan fingerprint density at radius 2 is 1.88 bits per heavy atom. The molecule has 1 fully saturated rings. The van der Waals surface area contributed by atoms with Gasteiger partial charge in [0, 0.05) is 52.7 Å². The molecule has 8 heteroatoms. The van der Waals surface area contributed by atoms with Crippen molar-refractivity contribution in [2.45, 2.75) is 31.5 Å². The minimum atomic E-state index is -0.855. The minimum Gasteiger partial charge on any atom is -0.467 e. The lowest BCUT2D eigenvalue weighted by atomic mass is 9.93. The quantitative estimate of drug-likeness (QED) is 0.698. The van der Waals surface area contributed by atoms with E-state index in [0.29, 0.717) is 56.9 Å². The van der Waals surface area contributed by atoms with Crippen molar-refractivity contribution in [3.63, 3.8) is 0 Å². The van der Waals surface area contributed by atoms with Gasteiger partial charge in [0.25, 0.3) is 5.91 Å². The van der Waals surface area contributed by atoms with E-state index >= 15 is 0 Å². The molecular weight excluding hydrogens is 413 g/mol. The van der Waals surface area contributed by atoms with Gasteiger partial charge in [0.05, 0.1) is 5.56 Å². The average Bonchev–Trinajstić information content (AvgIpc) is 2.81. The van der Waals surface area contributed by atoms with Crippen LogP contribution < -0.4 is 10.1 Å². The fraction of sp³-hybridized carbons (Fsp3) is 0.417. The number of para-hydroxylation sites is 1. The summed E-state index contributed by atoms with van der Waals surface area (Å²) in [6, 6.07) is 13.2. The lowest BCUT2D eigenvalue weighted by molar-refractivity contribution is -0.109. The maximum Gasteiger partial charge on any atom is 0.317 e. The van der Waals surface area contributed by atoms with Gasteiger partial charge in [-0.25, -0.2) is 9.18 Å². The van der Waals surface area contributed by atoms with Crippen LogP contribution >= 0.6 is 0 Å². The lowest BCUT2D eigenvalue weighted by Crippen LogP contribution is -2.63. The molecule has 7 nitrogen and oxygen atoms in total. The number of benzene rings is 2. The van der Waals surface area contributed by atoms with Crippen molar-refractivity contribution in [2.24, 2.45) is 0 Å². The van der Waals surface area contributed by atoms with E-state index in [0.717, 1.165) is 12.0 Å². The van der Waals surface area contributed by atoms with E-state index in [1.54, 1.807) is 41.2 Å². The lowest BCUT2D eigenvalue weighted by Gasteiger charge is -2.50. The van der Waals surface area contributed by atoms with Crippen molar-refractivity contribution in [1.82, 2.24) is 15.1 Å². The zero-order chi connectivity index (χ0) is 22.6. The van der Waals surface area contributed by atoms with Crippen LogP contribution in [0.25, 0.3) is 0 Å². The fourth-order valence-electron chi connectivity index (χ4n) is 4.27. The van der Waals surface area contributed by atoms with Crippen molar-refractivity contribution in [3.8, 4) is 5.75 Å². The molecule has 2 aromatic carbocycles. The maximum atomic E-state index is 13.4. The largest absolute Gasteiger partial charge is 0.467 e. The van der Waals surface area contributed by atoms with Crippen LogP contribution in [0, 0.1) is 5.82 Å². The molecule has 0 saturated carbocycles. The molecule has 1 saturated heterocycles. The molecule has 32 heavy (non-hydrogen) atoms. The molecule has 0 radical (unpaired) electrons. The number of nitrogens with zero attached hydrogens (tertiary/aromatic N) is 2. The summed E-state index contributed by atoms with van der Waals surface area (Å²) in [5, 5.41) is 2.91. The van der Waals surface area contributed by atoms with Gasteiger partial charge in [-0.1, -0.05) is 24.3 Å². The second kappa shape index (κ2) is 9.56. The fourth-order valence-corrected chi connectivity index (χ4v) is 4.27. The molecule has 0 aromatic heterocycles. The van der Waals surface area contributed by atoms with Crippen LogP contribution in [0.5, 0.6) is 5.75 Å². The normalized spacial score (nSPS) is 17.1. The first-order chi connectivity index (χ1) is 15.5. The van der Waals surface area contributed by atoms with Gasteiger partial charge in [-0.2, -0.15) is 0 Å². The van der Waals surface area contributed by atoms with E-state index in [-0.39, 0.29) is 17.8 Å². The highest BCUT2D eigenvalue weighted by Gasteiger charge is 2.49. The highest BCUT2D eigenvalue weighted by Crippen LogP contribution is 2.40. The van der Waals surface area contributed by atoms with Crippen LogP contribution in [0.15, 0.2) is 48.5 Å². The van der Waals surface area contributed by atoms with E-state index in [1.165, 1.54) is 12.1 Å². The average molecular weight is 442 g/mol. The van der Waals surface area contributed by atoms with Gasteiger partial charge in [0.2, 0.25) is 0 Å². The molecule has 2 aromatic rings. The molecular formula is C24H28FN3O4. The molecule has 0 unspecified atom stereocenters. The molecule has 2 aliphatic heterocycles. The van der Waals surface area contributed by atoms with Crippen molar-refractivity contribution in [3.05, 3.63) is 65.5 Å². The smallest absolute Gasteiger partial charge is 0.317 e. The summed E-state index contributed by atoms with van der Waals surface area (Å²) in [5.74, 6) is 0.124. The molecule has 4 rings (SSSR count). The van der Waals surface area contributed by atoms with Gasteiger partial charge in [-0.05, 0) is 36.2 Å². The zero-order valence-electron chi connectivity index (χ0n) is 18.2. The number of nitrogens with one attached hydrogen (secondary N) is 1. The Bertz CT molecular complexity index is 958. The number of carbonyl (C=O) groups is 2. The summed E-state index contributed by atoms with van der Waals surface area (Å²) in [4.78, 5) is 29.4. The number of carbonyl (C=O) groups excluding carboxylic acids is 2. The van der Waals surface area contributed by atoms with Crippen molar-refractivity contribution >= 4 is 11.9 Å². The van der Waals surface area contributed by atoms with E-state index < -0.39 is 5.72 Å². The zero-order valence-corrected chi connectivity index (χ0v) is 18.2. The number of hydrogen-bond donors (Lipinski definition) is 1. The Hall–Kier alpha value is -3.13. The third kappa shape index (κ3) is 4.55. The van der Waals surface area contributed by atoms with Crippen molar-refractivity contribution in [2.75, 3.05) is 33.4 Å². The van der Waals surface area contributed by atoms with E-state index in [9.17, 15) is 14.0 Å². The number of rotatable bonds is 6. The maximum absolute atomic E-state index is 13.4. The minimum absolute atomic E-state index is 0.117. The predicted octanol–water partition coefficient (Wildman–Crippen LogP) is 3.40. The van der Waals surface area contributed by atoms with Gasteiger partial charge in [0.1, 0.15) is 11.6 Å². The number of ether oxygens (including phenoxy) is 2. The molecule has 1 spiro atoms. The summed E-state index contributed by atoms with van der Waals surface area (Å²) in [6.45, 7) is 2.37. The monoisotopic (exact) mass is 441 g/mol. The number of fused-ring (bicyclic) bond motifs is 1. The van der Waals surface area contributed by atoms with Crippen molar-refractivity contribution in [1.29, 1.82) is 0 Å². The summed E-state index contributed by atoms with van der Waals surface area (Å²) < 4.78 is 24.8. The van der Waals surface area contributed by atoms with E-state index in [4.69, 9.17) is 9.47 Å². The van der Waals surface area contributed by atoms with Crippen LogP contribution in [0.2, 0.25) is 0 Å². The second-order valence-corrected chi connectivity index (χ2v) is 8.13. The van der Waals surface area contributed by atoms with Crippen LogP contribution in [0.4, 0.5) is 9.18 Å². The molecule has 3 amide bonds. The van der Waals surface area contributed by atoms with Crippen LogP contribution in [0.3, 0.4) is 0 Å². The number of halogens is 1. The number of amides is 3. The summed E-state index contributed by atoms with van der Waals surface area (Å²) in [6.07, 6.45) is 1.72. The molecule has 2 aliphatic rings.